The number of sulfone groups is 1. The van der Waals surface area contributed by atoms with E-state index in [-0.39, 0.29) is 10.8 Å². The smallest absolute Gasteiger partial charge is 0.269 e. The van der Waals surface area contributed by atoms with Crippen LogP contribution in [0.15, 0.2) is 63.9 Å². The van der Waals surface area contributed by atoms with E-state index in [0.29, 0.717) is 27.1 Å². The zero-order chi connectivity index (χ0) is 21.2. The van der Waals surface area contributed by atoms with Crippen LogP contribution in [0.25, 0.3) is 28.7 Å². The molecule has 0 unspecified atom stereocenters. The quantitative estimate of drug-likeness (QED) is 0.372. The summed E-state index contributed by atoms with van der Waals surface area (Å²) in [6.07, 6.45) is 3.59. The Hall–Kier alpha value is -2.94. The van der Waals surface area contributed by atoms with Crippen LogP contribution in [-0.2, 0) is 14.6 Å². The maximum absolute atomic E-state index is 11.7. The van der Waals surface area contributed by atoms with Crippen molar-refractivity contribution in [2.45, 2.75) is 4.90 Å². The van der Waals surface area contributed by atoms with Crippen LogP contribution in [0.4, 0.5) is 0 Å². The number of rotatable bonds is 5. The molecule has 1 aromatic heterocycles. The Bertz CT molecular complexity index is 1160. The first-order chi connectivity index (χ1) is 13.6. The Balaban J connectivity index is 2.08. The zero-order valence-corrected chi connectivity index (χ0v) is 17.1. The Morgan fingerprint density at radius 2 is 1.69 bits per heavy atom. The van der Waals surface area contributed by atoms with E-state index in [1.54, 1.807) is 36.4 Å². The molecule has 0 fully saturated rings. The number of likely N-dealkylation sites (N-methyl/N-ethyl adjacent to an activating group) is 1. The van der Waals surface area contributed by atoms with Crippen LogP contribution in [0.3, 0.4) is 0 Å². The van der Waals surface area contributed by atoms with Crippen molar-refractivity contribution in [2.75, 3.05) is 13.3 Å². The SMILES string of the molecule is CN(O)C(=O)/C=C/c1nc(-c2ccc(Cl)cc2)c(-c2ccc(S(C)(=O)=O)cc2)o1. The second-order valence-corrected chi connectivity index (χ2v) is 8.68. The summed E-state index contributed by atoms with van der Waals surface area (Å²) in [4.78, 5) is 16.2. The number of oxazole rings is 1. The van der Waals surface area contributed by atoms with Gasteiger partial charge in [0.05, 0.1) is 4.90 Å². The molecule has 150 valence electrons. The monoisotopic (exact) mass is 432 g/mol. The van der Waals surface area contributed by atoms with E-state index in [1.807, 2.05) is 0 Å². The number of carbonyl (C=O) groups is 1. The third kappa shape index (κ3) is 4.92. The van der Waals surface area contributed by atoms with E-state index >= 15 is 0 Å². The van der Waals surface area contributed by atoms with Crippen molar-refractivity contribution in [3.8, 4) is 22.6 Å². The number of hydrogen-bond donors (Lipinski definition) is 1. The molecule has 0 aliphatic rings. The molecule has 1 N–H and O–H groups in total. The standard InChI is InChI=1S/C20H17ClN2O5S/c1-23(25)18(24)12-11-17-22-19(13-3-7-15(21)8-4-13)20(28-17)14-5-9-16(10-6-14)29(2,26)27/h3-12,25H,1-2H3/b12-11+. The van der Waals surface area contributed by atoms with Gasteiger partial charge in [-0.1, -0.05) is 23.7 Å². The molecule has 9 heteroatoms. The lowest BCUT2D eigenvalue weighted by Gasteiger charge is -2.03. The fourth-order valence-electron chi connectivity index (χ4n) is 2.51. The summed E-state index contributed by atoms with van der Waals surface area (Å²) in [7, 11) is -2.12. The van der Waals surface area contributed by atoms with Gasteiger partial charge in [-0.25, -0.2) is 18.5 Å². The maximum Gasteiger partial charge on any atom is 0.269 e. The lowest BCUT2D eigenvalue weighted by atomic mass is 10.1. The lowest BCUT2D eigenvalue weighted by molar-refractivity contribution is -0.153. The van der Waals surface area contributed by atoms with Crippen LogP contribution in [0, 0.1) is 0 Å². The summed E-state index contributed by atoms with van der Waals surface area (Å²) < 4.78 is 29.2. The summed E-state index contributed by atoms with van der Waals surface area (Å²) >= 11 is 5.96. The number of amides is 1. The highest BCUT2D eigenvalue weighted by atomic mass is 35.5. The molecule has 2 aromatic carbocycles. The molecule has 0 aliphatic carbocycles. The van der Waals surface area contributed by atoms with Gasteiger partial charge in [-0.2, -0.15) is 0 Å². The fraction of sp³-hybridized carbons (Fsp3) is 0.100. The van der Waals surface area contributed by atoms with Gasteiger partial charge in [-0.3, -0.25) is 10.0 Å². The Labute approximate surface area is 172 Å². The molecule has 0 spiro atoms. The summed E-state index contributed by atoms with van der Waals surface area (Å²) in [5.41, 5.74) is 1.84. The summed E-state index contributed by atoms with van der Waals surface area (Å²) in [5.74, 6) is -0.0977. The van der Waals surface area contributed by atoms with Crippen molar-refractivity contribution in [1.29, 1.82) is 0 Å². The van der Waals surface area contributed by atoms with Crippen LogP contribution < -0.4 is 0 Å². The van der Waals surface area contributed by atoms with Gasteiger partial charge in [0, 0.05) is 41.6 Å². The van der Waals surface area contributed by atoms with Crippen molar-refractivity contribution >= 4 is 33.4 Å². The molecule has 0 aliphatic heterocycles. The predicted octanol–water partition coefficient (Wildman–Crippen LogP) is 3.93. The lowest BCUT2D eigenvalue weighted by Crippen LogP contribution is -2.19. The summed E-state index contributed by atoms with van der Waals surface area (Å²) in [6, 6.07) is 13.2. The molecule has 7 nitrogen and oxygen atoms in total. The first-order valence-corrected chi connectivity index (χ1v) is 10.6. The number of hydroxylamine groups is 2. The van der Waals surface area contributed by atoms with Gasteiger partial charge in [-0.05, 0) is 36.4 Å². The highest BCUT2D eigenvalue weighted by Gasteiger charge is 2.17. The van der Waals surface area contributed by atoms with Crippen LogP contribution in [0.2, 0.25) is 5.02 Å². The van der Waals surface area contributed by atoms with Gasteiger partial charge in [-0.15, -0.1) is 0 Å². The molecular weight excluding hydrogens is 416 g/mol. The van der Waals surface area contributed by atoms with E-state index in [9.17, 15) is 13.2 Å². The Morgan fingerprint density at radius 1 is 1.10 bits per heavy atom. The minimum Gasteiger partial charge on any atom is -0.436 e. The third-order valence-electron chi connectivity index (χ3n) is 3.99. The molecular formula is C20H17ClN2O5S. The van der Waals surface area contributed by atoms with E-state index in [2.05, 4.69) is 4.98 Å². The first kappa shape index (κ1) is 20.8. The van der Waals surface area contributed by atoms with Gasteiger partial charge in [0.25, 0.3) is 5.91 Å². The van der Waals surface area contributed by atoms with Crippen molar-refractivity contribution in [2.24, 2.45) is 0 Å². The molecule has 29 heavy (non-hydrogen) atoms. The molecule has 0 bridgehead atoms. The number of halogens is 1. The van der Waals surface area contributed by atoms with Gasteiger partial charge < -0.3 is 4.42 Å². The van der Waals surface area contributed by atoms with Gasteiger partial charge >= 0.3 is 0 Å². The number of aromatic nitrogens is 1. The van der Waals surface area contributed by atoms with Crippen molar-refractivity contribution in [1.82, 2.24) is 10.0 Å². The summed E-state index contributed by atoms with van der Waals surface area (Å²) in [6.45, 7) is 0. The molecule has 0 radical (unpaired) electrons. The first-order valence-electron chi connectivity index (χ1n) is 8.37. The van der Waals surface area contributed by atoms with E-state index in [1.165, 1.54) is 25.3 Å². The van der Waals surface area contributed by atoms with Gasteiger partial charge in [0.15, 0.2) is 15.6 Å². The Morgan fingerprint density at radius 3 is 2.24 bits per heavy atom. The number of nitrogens with zero attached hydrogens (tertiary/aromatic N) is 2. The van der Waals surface area contributed by atoms with Gasteiger partial charge in [0.1, 0.15) is 5.69 Å². The molecule has 1 heterocycles. The normalized spacial score (nSPS) is 11.7. The van der Waals surface area contributed by atoms with Crippen LogP contribution in [0.1, 0.15) is 5.89 Å². The van der Waals surface area contributed by atoms with Crippen molar-refractivity contribution < 1.29 is 22.8 Å². The molecule has 0 saturated carbocycles. The average Bonchev–Trinajstić information content (AvgIpc) is 3.10. The van der Waals surface area contributed by atoms with Crippen LogP contribution in [-0.4, -0.2) is 42.9 Å². The minimum absolute atomic E-state index is 0.146. The maximum atomic E-state index is 11.7. The zero-order valence-electron chi connectivity index (χ0n) is 15.5. The highest BCUT2D eigenvalue weighted by Crippen LogP contribution is 2.34. The number of benzene rings is 2. The highest BCUT2D eigenvalue weighted by molar-refractivity contribution is 7.90. The number of carbonyl (C=O) groups excluding carboxylic acids is 1. The van der Waals surface area contributed by atoms with E-state index in [4.69, 9.17) is 21.2 Å². The Kier molecular flexibility index (Phi) is 5.88. The largest absolute Gasteiger partial charge is 0.436 e. The van der Waals surface area contributed by atoms with E-state index in [0.717, 1.165) is 17.9 Å². The second kappa shape index (κ2) is 8.20. The van der Waals surface area contributed by atoms with Crippen LogP contribution in [0.5, 0.6) is 0 Å². The minimum atomic E-state index is -3.33. The second-order valence-electron chi connectivity index (χ2n) is 6.23. The van der Waals surface area contributed by atoms with Crippen molar-refractivity contribution in [3.63, 3.8) is 0 Å². The number of hydrogen-bond acceptors (Lipinski definition) is 6. The topological polar surface area (TPSA) is 101 Å². The molecule has 0 saturated heterocycles. The third-order valence-corrected chi connectivity index (χ3v) is 5.37. The molecule has 3 aromatic rings. The fourth-order valence-corrected chi connectivity index (χ4v) is 3.27. The average molecular weight is 433 g/mol. The van der Waals surface area contributed by atoms with Gasteiger partial charge in [0.2, 0.25) is 5.89 Å². The molecule has 0 atom stereocenters. The van der Waals surface area contributed by atoms with Crippen molar-refractivity contribution in [3.05, 3.63) is 65.5 Å². The predicted molar refractivity (Wildman–Crippen MR) is 109 cm³/mol. The summed E-state index contributed by atoms with van der Waals surface area (Å²) in [5, 5.41) is 10.2. The molecule has 1 amide bonds. The van der Waals surface area contributed by atoms with E-state index < -0.39 is 15.7 Å². The van der Waals surface area contributed by atoms with Crippen LogP contribution >= 0.6 is 11.6 Å². The molecule has 3 rings (SSSR count).